The van der Waals surface area contributed by atoms with Crippen molar-refractivity contribution in [1.29, 1.82) is 0 Å². The summed E-state index contributed by atoms with van der Waals surface area (Å²) in [6.07, 6.45) is 7.68. The number of terminal acetylenes is 1. The van der Waals surface area contributed by atoms with Gasteiger partial charge in [-0.3, -0.25) is 4.57 Å². The highest BCUT2D eigenvalue weighted by Crippen LogP contribution is 2.39. The second-order valence-corrected chi connectivity index (χ2v) is 9.56. The largest absolute Gasteiger partial charge is 0.508 e. The Morgan fingerprint density at radius 1 is 1.14 bits per heavy atom. The van der Waals surface area contributed by atoms with E-state index < -0.39 is 17.3 Å². The van der Waals surface area contributed by atoms with Crippen LogP contribution >= 0.6 is 0 Å². The van der Waals surface area contributed by atoms with Crippen LogP contribution in [0.5, 0.6) is 5.75 Å². The number of hydrogen-bond acceptors (Lipinski definition) is 6. The maximum absolute atomic E-state index is 16.4. The van der Waals surface area contributed by atoms with Gasteiger partial charge in [0, 0.05) is 43.2 Å². The Bertz CT molecular complexity index is 1680. The van der Waals surface area contributed by atoms with Crippen LogP contribution in [0.4, 0.5) is 14.6 Å². The SMILES string of the molecule is C#Cc1c(F)ccc2cc(O)cc(-c3nc(C)c4c(N5CC6CCC(C5)N6)nc(=O)n(C)c4c3F)c12. The number of aromatic nitrogens is 3. The van der Waals surface area contributed by atoms with Crippen LogP contribution in [0.1, 0.15) is 24.1 Å². The van der Waals surface area contributed by atoms with Gasteiger partial charge in [-0.05, 0) is 43.4 Å². The monoisotopic (exact) mass is 487 g/mol. The zero-order valence-electron chi connectivity index (χ0n) is 19.8. The molecule has 0 amide bonds. The third-order valence-electron chi connectivity index (χ3n) is 7.31. The zero-order chi connectivity index (χ0) is 25.3. The predicted octanol–water partition coefficient (Wildman–Crippen LogP) is 3.36. The van der Waals surface area contributed by atoms with Gasteiger partial charge in [0.15, 0.2) is 5.82 Å². The normalized spacial score (nSPS) is 19.2. The highest BCUT2D eigenvalue weighted by atomic mass is 19.1. The number of halogens is 2. The number of hydrogen-bond donors (Lipinski definition) is 2. The van der Waals surface area contributed by atoms with E-state index in [4.69, 9.17) is 6.42 Å². The molecule has 2 aliphatic heterocycles. The molecular weight excluding hydrogens is 464 g/mol. The van der Waals surface area contributed by atoms with Crippen LogP contribution in [0, 0.1) is 30.9 Å². The smallest absolute Gasteiger partial charge is 0.349 e. The topological polar surface area (TPSA) is 83.3 Å². The Hall–Kier alpha value is -4.03. The molecule has 2 fully saturated rings. The predicted molar refractivity (Wildman–Crippen MR) is 134 cm³/mol. The molecule has 4 heterocycles. The van der Waals surface area contributed by atoms with Crippen molar-refractivity contribution < 1.29 is 13.9 Å². The van der Waals surface area contributed by atoms with Crippen LogP contribution in [-0.4, -0.2) is 44.8 Å². The molecule has 182 valence electrons. The van der Waals surface area contributed by atoms with Crippen LogP contribution in [0.25, 0.3) is 32.9 Å². The zero-order valence-corrected chi connectivity index (χ0v) is 19.8. The van der Waals surface area contributed by atoms with Crippen LogP contribution in [-0.2, 0) is 7.05 Å². The number of aromatic hydroxyl groups is 1. The van der Waals surface area contributed by atoms with E-state index in [1.54, 1.807) is 6.92 Å². The molecule has 2 N–H and O–H groups in total. The number of nitrogens with one attached hydrogen (secondary N) is 1. The van der Waals surface area contributed by atoms with Crippen molar-refractivity contribution in [3.05, 3.63) is 57.6 Å². The first kappa shape index (κ1) is 22.4. The fourth-order valence-electron chi connectivity index (χ4n) is 5.70. The van der Waals surface area contributed by atoms with E-state index in [2.05, 4.69) is 21.2 Å². The van der Waals surface area contributed by atoms with Gasteiger partial charge in [0.25, 0.3) is 0 Å². The summed E-state index contributed by atoms with van der Waals surface area (Å²) in [7, 11) is 1.46. The fraction of sp³-hybridized carbons (Fsp3) is 0.296. The standard InChI is InChI=1S/C27H23F2N5O2/c1-4-18-20(28)8-5-14-9-17(35)10-19(22(14)18)24-23(29)25-21(13(2)30-24)26(32-27(36)33(25)3)34-11-15-6-7-16(12-34)31-15/h1,5,8-10,15-16,31,35H,6-7,11-12H2,2-3H3. The molecule has 2 saturated heterocycles. The third kappa shape index (κ3) is 3.25. The van der Waals surface area contributed by atoms with Crippen molar-refractivity contribution in [3.8, 4) is 29.4 Å². The van der Waals surface area contributed by atoms with E-state index in [1.165, 1.54) is 31.3 Å². The van der Waals surface area contributed by atoms with Gasteiger partial charge in [0.2, 0.25) is 0 Å². The van der Waals surface area contributed by atoms with E-state index in [9.17, 15) is 14.3 Å². The highest BCUT2D eigenvalue weighted by Gasteiger charge is 2.34. The molecule has 0 saturated carbocycles. The molecule has 7 nitrogen and oxygen atoms in total. The molecule has 2 aliphatic rings. The van der Waals surface area contributed by atoms with E-state index >= 15 is 4.39 Å². The van der Waals surface area contributed by atoms with Crippen LogP contribution < -0.4 is 15.9 Å². The van der Waals surface area contributed by atoms with Gasteiger partial charge in [0.1, 0.15) is 23.1 Å². The average molecular weight is 488 g/mol. The van der Waals surface area contributed by atoms with Crippen LogP contribution in [0.2, 0.25) is 0 Å². The minimum absolute atomic E-state index is 0.0496. The molecule has 9 heteroatoms. The maximum atomic E-state index is 16.4. The molecule has 0 spiro atoms. The second-order valence-electron chi connectivity index (χ2n) is 9.56. The number of aryl methyl sites for hydroxylation is 2. The molecule has 2 bridgehead atoms. The van der Waals surface area contributed by atoms with Gasteiger partial charge < -0.3 is 15.3 Å². The first-order chi connectivity index (χ1) is 17.3. The van der Waals surface area contributed by atoms with Gasteiger partial charge in [0.05, 0.1) is 22.2 Å². The number of anilines is 1. The lowest BCUT2D eigenvalue weighted by molar-refractivity contribution is 0.463. The summed E-state index contributed by atoms with van der Waals surface area (Å²) < 4.78 is 32.1. The van der Waals surface area contributed by atoms with Gasteiger partial charge in [-0.2, -0.15) is 4.98 Å². The van der Waals surface area contributed by atoms with E-state index in [0.717, 1.165) is 17.4 Å². The first-order valence-corrected chi connectivity index (χ1v) is 11.8. The minimum atomic E-state index is -0.768. The maximum Gasteiger partial charge on any atom is 0.349 e. The molecule has 2 unspecified atom stereocenters. The molecule has 2 aromatic carbocycles. The second kappa shape index (κ2) is 8.00. The lowest BCUT2D eigenvalue weighted by Gasteiger charge is -2.34. The molecule has 36 heavy (non-hydrogen) atoms. The number of pyridine rings is 1. The van der Waals surface area contributed by atoms with Crippen molar-refractivity contribution in [2.45, 2.75) is 31.8 Å². The quantitative estimate of drug-likeness (QED) is 0.422. The highest BCUT2D eigenvalue weighted by molar-refractivity contribution is 6.03. The summed E-state index contributed by atoms with van der Waals surface area (Å²) in [5, 5.41) is 15.1. The number of phenols is 1. The molecule has 0 aliphatic carbocycles. The average Bonchev–Trinajstić information content (AvgIpc) is 3.19. The Labute approximate surface area is 205 Å². The Balaban J connectivity index is 1.67. The summed E-state index contributed by atoms with van der Waals surface area (Å²) in [6.45, 7) is 3.05. The minimum Gasteiger partial charge on any atom is -0.508 e. The summed E-state index contributed by atoms with van der Waals surface area (Å²) in [6, 6.07) is 6.00. The van der Waals surface area contributed by atoms with E-state index in [-0.39, 0.29) is 45.6 Å². The van der Waals surface area contributed by atoms with Crippen LogP contribution in [0.15, 0.2) is 29.1 Å². The van der Waals surface area contributed by atoms with Crippen LogP contribution in [0.3, 0.4) is 0 Å². The van der Waals surface area contributed by atoms with Crippen molar-refractivity contribution in [3.63, 3.8) is 0 Å². The third-order valence-corrected chi connectivity index (χ3v) is 7.31. The van der Waals surface area contributed by atoms with Gasteiger partial charge >= 0.3 is 5.69 Å². The van der Waals surface area contributed by atoms with Crippen molar-refractivity contribution in [1.82, 2.24) is 19.9 Å². The number of rotatable bonds is 2. The Morgan fingerprint density at radius 2 is 1.86 bits per heavy atom. The van der Waals surface area contributed by atoms with Gasteiger partial charge in [-0.1, -0.05) is 12.0 Å². The number of benzene rings is 2. The van der Waals surface area contributed by atoms with Crippen molar-refractivity contribution in [2.24, 2.45) is 7.05 Å². The molecule has 4 aromatic rings. The molecular formula is C27H23F2N5O2. The molecule has 6 rings (SSSR count). The molecule has 2 aromatic heterocycles. The van der Waals surface area contributed by atoms with Gasteiger partial charge in [-0.15, -0.1) is 6.42 Å². The Kier molecular flexibility index (Phi) is 4.99. The summed E-state index contributed by atoms with van der Waals surface area (Å²) in [4.78, 5) is 23.8. The lowest BCUT2D eigenvalue weighted by Crippen LogP contribution is -2.52. The molecule has 0 radical (unpaired) electrons. The summed E-state index contributed by atoms with van der Waals surface area (Å²) in [5.41, 5.74) is -0.118. The summed E-state index contributed by atoms with van der Waals surface area (Å²) >= 11 is 0. The fourth-order valence-corrected chi connectivity index (χ4v) is 5.70. The number of phenolic OH excluding ortho intramolecular Hbond substituents is 1. The van der Waals surface area contributed by atoms with E-state index in [1.807, 2.05) is 4.90 Å². The number of piperazine rings is 1. The lowest BCUT2D eigenvalue weighted by atomic mass is 9.95. The van der Waals surface area contributed by atoms with E-state index in [0.29, 0.717) is 35.4 Å². The number of nitrogens with zero attached hydrogens (tertiary/aromatic N) is 4. The van der Waals surface area contributed by atoms with Crippen molar-refractivity contribution >= 4 is 27.5 Å². The van der Waals surface area contributed by atoms with Crippen molar-refractivity contribution in [2.75, 3.05) is 18.0 Å². The first-order valence-electron chi connectivity index (χ1n) is 11.8. The van der Waals surface area contributed by atoms with Gasteiger partial charge in [-0.25, -0.2) is 18.6 Å². The summed E-state index contributed by atoms with van der Waals surface area (Å²) in [5.74, 6) is 1.21. The number of fused-ring (bicyclic) bond motifs is 4. The Morgan fingerprint density at radius 3 is 2.56 bits per heavy atom. The molecule has 2 atom stereocenters.